The molecule has 0 aliphatic rings. The fourth-order valence-electron chi connectivity index (χ4n) is 3.83. The number of allylic oxidation sites excluding steroid dienone is 1. The highest BCUT2D eigenvalue weighted by Gasteiger charge is 2.12. The third-order valence-electron chi connectivity index (χ3n) is 5.53. The SMILES string of the molecule is C=CCc1ccccc1OCc1nc2ccccc2n1CCCCOc1ccc(OC)cc1. The summed E-state index contributed by atoms with van der Waals surface area (Å²) in [4.78, 5) is 4.84. The third kappa shape index (κ3) is 5.75. The number of para-hydroxylation sites is 3. The van der Waals surface area contributed by atoms with E-state index in [1.165, 1.54) is 0 Å². The van der Waals surface area contributed by atoms with Crippen LogP contribution >= 0.6 is 0 Å². The normalized spacial score (nSPS) is 10.8. The number of imidazole rings is 1. The van der Waals surface area contributed by atoms with Gasteiger partial charge in [-0.2, -0.15) is 0 Å². The number of fused-ring (bicyclic) bond motifs is 1. The quantitative estimate of drug-likeness (QED) is 0.193. The largest absolute Gasteiger partial charge is 0.497 e. The van der Waals surface area contributed by atoms with E-state index >= 15 is 0 Å². The summed E-state index contributed by atoms with van der Waals surface area (Å²) in [7, 11) is 1.66. The summed E-state index contributed by atoms with van der Waals surface area (Å²) < 4.78 is 19.5. The maximum Gasteiger partial charge on any atom is 0.147 e. The molecule has 0 atom stereocenters. The van der Waals surface area contributed by atoms with Crippen LogP contribution in [0, 0.1) is 0 Å². The summed E-state index contributed by atoms with van der Waals surface area (Å²) in [6.07, 6.45) is 4.60. The van der Waals surface area contributed by atoms with Crippen LogP contribution in [0.3, 0.4) is 0 Å². The van der Waals surface area contributed by atoms with E-state index in [9.17, 15) is 0 Å². The molecule has 3 aromatic carbocycles. The highest BCUT2D eigenvalue weighted by molar-refractivity contribution is 5.75. The maximum absolute atomic E-state index is 6.18. The molecule has 4 rings (SSSR count). The van der Waals surface area contributed by atoms with Gasteiger partial charge in [0.2, 0.25) is 0 Å². The summed E-state index contributed by atoms with van der Waals surface area (Å²) >= 11 is 0. The first-order valence-corrected chi connectivity index (χ1v) is 11.3. The number of aromatic nitrogens is 2. The van der Waals surface area contributed by atoms with Crippen molar-refractivity contribution in [3.05, 3.63) is 96.8 Å². The highest BCUT2D eigenvalue weighted by atomic mass is 16.5. The van der Waals surface area contributed by atoms with E-state index < -0.39 is 0 Å². The van der Waals surface area contributed by atoms with Crippen LogP contribution in [0.4, 0.5) is 0 Å². The lowest BCUT2D eigenvalue weighted by molar-refractivity contribution is 0.283. The van der Waals surface area contributed by atoms with Crippen LogP contribution in [0.5, 0.6) is 17.2 Å². The van der Waals surface area contributed by atoms with Crippen molar-refractivity contribution in [3.8, 4) is 17.2 Å². The molecule has 5 nitrogen and oxygen atoms in total. The number of hydrogen-bond donors (Lipinski definition) is 0. The second kappa shape index (κ2) is 11.2. The molecule has 1 heterocycles. The zero-order valence-corrected chi connectivity index (χ0v) is 19.1. The Bertz CT molecular complexity index is 1180. The van der Waals surface area contributed by atoms with Crippen molar-refractivity contribution in [2.24, 2.45) is 0 Å². The lowest BCUT2D eigenvalue weighted by atomic mass is 10.1. The maximum atomic E-state index is 6.18. The number of benzene rings is 3. The monoisotopic (exact) mass is 442 g/mol. The first-order chi connectivity index (χ1) is 16.3. The summed E-state index contributed by atoms with van der Waals surface area (Å²) in [6, 6.07) is 24.0. The number of unbranched alkanes of at least 4 members (excludes halogenated alkanes) is 1. The summed E-state index contributed by atoms with van der Waals surface area (Å²) in [6.45, 7) is 5.80. The van der Waals surface area contributed by atoms with Gasteiger partial charge in [-0.05, 0) is 67.3 Å². The Kier molecular flexibility index (Phi) is 7.64. The Morgan fingerprint density at radius 1 is 0.879 bits per heavy atom. The molecule has 0 unspecified atom stereocenters. The van der Waals surface area contributed by atoms with Gasteiger partial charge in [-0.25, -0.2) is 4.98 Å². The molecular formula is C28H30N2O3. The molecule has 0 N–H and O–H groups in total. The summed E-state index contributed by atoms with van der Waals surface area (Å²) in [5.74, 6) is 3.50. The Morgan fingerprint density at radius 3 is 2.45 bits per heavy atom. The molecule has 0 aliphatic carbocycles. The van der Waals surface area contributed by atoms with Gasteiger partial charge >= 0.3 is 0 Å². The number of ether oxygens (including phenoxy) is 3. The summed E-state index contributed by atoms with van der Waals surface area (Å²) in [5, 5.41) is 0. The fourth-order valence-corrected chi connectivity index (χ4v) is 3.83. The molecule has 5 heteroatoms. The minimum atomic E-state index is 0.422. The van der Waals surface area contributed by atoms with Gasteiger partial charge in [-0.15, -0.1) is 6.58 Å². The average molecular weight is 443 g/mol. The van der Waals surface area contributed by atoms with Crippen molar-refractivity contribution in [1.82, 2.24) is 9.55 Å². The van der Waals surface area contributed by atoms with Crippen LogP contribution in [0.2, 0.25) is 0 Å². The Balaban J connectivity index is 1.38. The molecule has 4 aromatic rings. The Labute approximate surface area is 195 Å². The molecule has 1 aromatic heterocycles. The van der Waals surface area contributed by atoms with E-state index in [1.54, 1.807) is 7.11 Å². The van der Waals surface area contributed by atoms with Gasteiger partial charge in [0.05, 0.1) is 24.8 Å². The molecule has 0 aliphatic heterocycles. The average Bonchev–Trinajstić information content (AvgIpc) is 3.21. The van der Waals surface area contributed by atoms with Crippen LogP contribution in [0.15, 0.2) is 85.5 Å². The van der Waals surface area contributed by atoms with Gasteiger partial charge in [-0.3, -0.25) is 0 Å². The Morgan fingerprint density at radius 2 is 1.64 bits per heavy atom. The molecule has 0 spiro atoms. The molecule has 0 bridgehead atoms. The summed E-state index contributed by atoms with van der Waals surface area (Å²) in [5.41, 5.74) is 3.25. The van der Waals surface area contributed by atoms with E-state index in [2.05, 4.69) is 29.3 Å². The molecule has 33 heavy (non-hydrogen) atoms. The lowest BCUT2D eigenvalue weighted by Crippen LogP contribution is -2.09. The number of aryl methyl sites for hydroxylation is 1. The first-order valence-electron chi connectivity index (χ1n) is 11.3. The van der Waals surface area contributed by atoms with Gasteiger partial charge in [-0.1, -0.05) is 36.4 Å². The molecule has 0 saturated carbocycles. The van der Waals surface area contributed by atoms with Crippen LogP contribution in [0.1, 0.15) is 24.2 Å². The molecule has 0 fully saturated rings. The highest BCUT2D eigenvalue weighted by Crippen LogP contribution is 2.23. The minimum Gasteiger partial charge on any atom is -0.497 e. The van der Waals surface area contributed by atoms with Crippen LogP contribution in [-0.2, 0) is 19.6 Å². The number of hydrogen-bond acceptors (Lipinski definition) is 4. The van der Waals surface area contributed by atoms with E-state index in [0.717, 1.165) is 65.5 Å². The Hall–Kier alpha value is -3.73. The second-order valence-corrected chi connectivity index (χ2v) is 7.79. The third-order valence-corrected chi connectivity index (χ3v) is 5.53. The predicted molar refractivity (Wildman–Crippen MR) is 132 cm³/mol. The number of rotatable bonds is 12. The smallest absolute Gasteiger partial charge is 0.147 e. The number of methoxy groups -OCH3 is 1. The molecule has 0 amide bonds. The van der Waals surface area contributed by atoms with E-state index in [-0.39, 0.29) is 0 Å². The van der Waals surface area contributed by atoms with Gasteiger partial charge < -0.3 is 18.8 Å². The van der Waals surface area contributed by atoms with Gasteiger partial charge in [0.15, 0.2) is 0 Å². The van der Waals surface area contributed by atoms with Crippen molar-refractivity contribution in [1.29, 1.82) is 0 Å². The van der Waals surface area contributed by atoms with Crippen molar-refractivity contribution in [3.63, 3.8) is 0 Å². The van der Waals surface area contributed by atoms with Crippen LogP contribution in [0.25, 0.3) is 11.0 Å². The number of nitrogens with zero attached hydrogens (tertiary/aromatic N) is 2. The molecule has 0 saturated heterocycles. The molecule has 170 valence electrons. The second-order valence-electron chi connectivity index (χ2n) is 7.79. The fraction of sp³-hybridized carbons (Fsp3) is 0.250. The zero-order valence-electron chi connectivity index (χ0n) is 19.1. The van der Waals surface area contributed by atoms with Crippen molar-refractivity contribution < 1.29 is 14.2 Å². The predicted octanol–water partition coefficient (Wildman–Crippen LogP) is 6.21. The topological polar surface area (TPSA) is 45.5 Å². The van der Waals surface area contributed by atoms with Crippen LogP contribution < -0.4 is 14.2 Å². The minimum absolute atomic E-state index is 0.422. The lowest BCUT2D eigenvalue weighted by Gasteiger charge is -2.13. The standard InChI is InChI=1S/C28H30N2O3/c1-3-10-22-11-4-7-14-27(22)33-21-28-29-25-12-5-6-13-26(25)30(28)19-8-9-20-32-24-17-15-23(31-2)16-18-24/h3-7,11-18H,1,8-10,19-21H2,2H3. The first kappa shape index (κ1) is 22.5. The van der Waals surface area contributed by atoms with Crippen LogP contribution in [-0.4, -0.2) is 23.3 Å². The van der Waals surface area contributed by atoms with Gasteiger partial charge in [0.25, 0.3) is 0 Å². The van der Waals surface area contributed by atoms with Crippen molar-refractivity contribution >= 4 is 11.0 Å². The van der Waals surface area contributed by atoms with Crippen molar-refractivity contribution in [2.45, 2.75) is 32.4 Å². The zero-order chi connectivity index (χ0) is 22.9. The molecular weight excluding hydrogens is 412 g/mol. The molecule has 0 radical (unpaired) electrons. The van der Waals surface area contributed by atoms with E-state index in [4.69, 9.17) is 19.2 Å². The van der Waals surface area contributed by atoms with E-state index in [0.29, 0.717) is 13.2 Å². The van der Waals surface area contributed by atoms with E-state index in [1.807, 2.05) is 60.7 Å². The van der Waals surface area contributed by atoms with Gasteiger partial charge in [0, 0.05) is 6.54 Å². The van der Waals surface area contributed by atoms with Gasteiger partial charge in [0.1, 0.15) is 29.7 Å². The van der Waals surface area contributed by atoms with Crippen molar-refractivity contribution in [2.75, 3.05) is 13.7 Å².